The van der Waals surface area contributed by atoms with E-state index in [4.69, 9.17) is 10.5 Å². The van der Waals surface area contributed by atoms with Crippen LogP contribution in [0.3, 0.4) is 0 Å². The monoisotopic (exact) mass is 524 g/mol. The molecular weight excluding hydrogens is 484 g/mol. The molecular formula is C33H40N4O2. The smallest absolute Gasteiger partial charge is 0.242 e. The van der Waals surface area contributed by atoms with Crippen LogP contribution in [-0.4, -0.2) is 61.0 Å². The van der Waals surface area contributed by atoms with Crippen LogP contribution in [0.15, 0.2) is 97.2 Å². The fraction of sp³-hybridized carbons (Fsp3) is 0.364. The zero-order chi connectivity index (χ0) is 27.0. The van der Waals surface area contributed by atoms with Crippen molar-refractivity contribution in [2.75, 3.05) is 44.2 Å². The molecule has 0 radical (unpaired) electrons. The fourth-order valence-corrected chi connectivity index (χ4v) is 5.60. The molecule has 0 saturated carbocycles. The van der Waals surface area contributed by atoms with Crippen LogP contribution in [0.4, 0.5) is 5.69 Å². The van der Waals surface area contributed by atoms with Crippen LogP contribution in [-0.2, 0) is 11.2 Å². The number of carbonyl (C=O) groups excluding carboxylic acids is 1. The second kappa shape index (κ2) is 12.9. The van der Waals surface area contributed by atoms with Gasteiger partial charge in [0.1, 0.15) is 11.5 Å². The zero-order valence-electron chi connectivity index (χ0n) is 22.8. The lowest BCUT2D eigenvalue weighted by Crippen LogP contribution is -2.43. The highest BCUT2D eigenvalue weighted by Gasteiger charge is 2.27. The van der Waals surface area contributed by atoms with Crippen LogP contribution in [0.2, 0.25) is 0 Å². The summed E-state index contributed by atoms with van der Waals surface area (Å²) in [6, 6.07) is 28.6. The Morgan fingerprint density at radius 3 is 2.21 bits per heavy atom. The Morgan fingerprint density at radius 1 is 0.846 bits per heavy atom. The number of nitrogens with zero attached hydrogens (tertiary/aromatic N) is 3. The summed E-state index contributed by atoms with van der Waals surface area (Å²) >= 11 is 0. The third-order valence-electron chi connectivity index (χ3n) is 7.87. The lowest BCUT2D eigenvalue weighted by molar-refractivity contribution is -0.128. The molecule has 2 aliphatic rings. The molecule has 0 aromatic heterocycles. The molecule has 3 aromatic rings. The van der Waals surface area contributed by atoms with Crippen molar-refractivity contribution in [2.45, 2.75) is 31.7 Å². The van der Waals surface area contributed by atoms with Gasteiger partial charge in [-0.25, -0.2) is 0 Å². The van der Waals surface area contributed by atoms with Gasteiger partial charge >= 0.3 is 0 Å². The summed E-state index contributed by atoms with van der Waals surface area (Å²) in [7, 11) is 0. The first-order valence-electron chi connectivity index (χ1n) is 14.1. The van der Waals surface area contributed by atoms with Crippen LogP contribution >= 0.6 is 0 Å². The van der Waals surface area contributed by atoms with Gasteiger partial charge in [0.2, 0.25) is 5.91 Å². The van der Waals surface area contributed by atoms with Gasteiger partial charge in [-0.2, -0.15) is 0 Å². The van der Waals surface area contributed by atoms with Crippen molar-refractivity contribution in [3.05, 3.63) is 103 Å². The number of carbonyl (C=O) groups is 1. The standard InChI is InChI=1S/C33H40N4O2/c1-26(35-18-15-28(16-19-35)21-27-9-4-2-5-10-27)23-37(25-33(38)36-20-17-29(34)24-36)30-11-8-14-32(22-30)39-31-12-6-3-7-13-31/h2-14,22,28-29H,1,15-21,23-25,34H2. The molecule has 2 heterocycles. The topological polar surface area (TPSA) is 62.0 Å². The first-order chi connectivity index (χ1) is 19.0. The van der Waals surface area contributed by atoms with Gasteiger partial charge in [-0.15, -0.1) is 0 Å². The van der Waals surface area contributed by atoms with E-state index in [0.29, 0.717) is 19.0 Å². The maximum absolute atomic E-state index is 13.3. The fourth-order valence-electron chi connectivity index (χ4n) is 5.60. The Kier molecular flexibility index (Phi) is 8.84. The average molecular weight is 525 g/mol. The molecule has 2 fully saturated rings. The predicted octanol–water partition coefficient (Wildman–Crippen LogP) is 5.31. The van der Waals surface area contributed by atoms with E-state index >= 15 is 0 Å². The number of hydrogen-bond acceptors (Lipinski definition) is 5. The number of likely N-dealkylation sites (tertiary alicyclic amines) is 2. The van der Waals surface area contributed by atoms with E-state index < -0.39 is 0 Å². The Balaban J connectivity index is 1.25. The summed E-state index contributed by atoms with van der Waals surface area (Å²) < 4.78 is 6.10. The predicted molar refractivity (Wildman–Crippen MR) is 158 cm³/mol. The third-order valence-corrected chi connectivity index (χ3v) is 7.87. The summed E-state index contributed by atoms with van der Waals surface area (Å²) in [5.41, 5.74) is 9.50. The van der Waals surface area contributed by atoms with Gasteiger partial charge < -0.3 is 25.2 Å². The molecule has 2 N–H and O–H groups in total. The van der Waals surface area contributed by atoms with E-state index in [1.807, 2.05) is 59.5 Å². The summed E-state index contributed by atoms with van der Waals surface area (Å²) in [5.74, 6) is 2.32. The first kappa shape index (κ1) is 26.8. The van der Waals surface area contributed by atoms with Crippen molar-refractivity contribution < 1.29 is 9.53 Å². The van der Waals surface area contributed by atoms with Gasteiger partial charge in [0.25, 0.3) is 0 Å². The van der Waals surface area contributed by atoms with Crippen LogP contribution in [0.1, 0.15) is 24.8 Å². The quantitative estimate of drug-likeness (QED) is 0.389. The molecule has 0 aliphatic carbocycles. The van der Waals surface area contributed by atoms with Crippen LogP contribution in [0.25, 0.3) is 0 Å². The van der Waals surface area contributed by atoms with Crippen molar-refractivity contribution >= 4 is 11.6 Å². The van der Waals surface area contributed by atoms with E-state index in [-0.39, 0.29) is 18.5 Å². The molecule has 0 spiro atoms. The highest BCUT2D eigenvalue weighted by Crippen LogP contribution is 2.28. The maximum Gasteiger partial charge on any atom is 0.242 e. The second-order valence-corrected chi connectivity index (χ2v) is 10.8. The molecule has 1 atom stereocenters. The Bertz CT molecular complexity index is 1220. The van der Waals surface area contributed by atoms with Crippen molar-refractivity contribution in [3.8, 4) is 11.5 Å². The van der Waals surface area contributed by atoms with Crippen molar-refractivity contribution in [2.24, 2.45) is 11.7 Å². The number of benzene rings is 3. The van der Waals surface area contributed by atoms with Gasteiger partial charge in [-0.05, 0) is 61.4 Å². The largest absolute Gasteiger partial charge is 0.457 e. The number of piperidine rings is 1. The molecule has 6 heteroatoms. The second-order valence-electron chi connectivity index (χ2n) is 10.8. The first-order valence-corrected chi connectivity index (χ1v) is 14.1. The molecule has 1 amide bonds. The normalized spacial score (nSPS) is 17.7. The molecule has 3 aromatic carbocycles. The zero-order valence-corrected chi connectivity index (χ0v) is 22.8. The highest BCUT2D eigenvalue weighted by atomic mass is 16.5. The average Bonchev–Trinajstić information content (AvgIpc) is 3.41. The molecule has 0 bridgehead atoms. The summed E-state index contributed by atoms with van der Waals surface area (Å²) in [6.45, 7) is 8.68. The van der Waals surface area contributed by atoms with E-state index in [1.165, 1.54) is 5.56 Å². The molecule has 2 saturated heterocycles. The van der Waals surface area contributed by atoms with Crippen LogP contribution < -0.4 is 15.4 Å². The van der Waals surface area contributed by atoms with Gasteiger partial charge in [0.15, 0.2) is 0 Å². The van der Waals surface area contributed by atoms with Crippen LogP contribution in [0, 0.1) is 5.92 Å². The Hall–Kier alpha value is -3.77. The SMILES string of the molecule is C=C(CN(CC(=O)N1CCC(N)C1)c1cccc(Oc2ccccc2)c1)N1CCC(Cc2ccccc2)CC1. The van der Waals surface area contributed by atoms with E-state index in [0.717, 1.165) is 68.2 Å². The molecule has 5 rings (SSSR count). The lowest BCUT2D eigenvalue weighted by atomic mass is 9.90. The van der Waals surface area contributed by atoms with Crippen LogP contribution in [0.5, 0.6) is 11.5 Å². The molecule has 1 unspecified atom stereocenters. The Labute approximate surface area is 232 Å². The van der Waals surface area contributed by atoms with Gasteiger partial charge in [-0.1, -0.05) is 61.2 Å². The van der Waals surface area contributed by atoms with Crippen molar-refractivity contribution in [1.29, 1.82) is 0 Å². The number of ether oxygens (including phenoxy) is 1. The molecule has 2 aliphatic heterocycles. The number of nitrogens with two attached hydrogens (primary N) is 1. The molecule has 204 valence electrons. The number of amides is 1. The molecule has 6 nitrogen and oxygen atoms in total. The van der Waals surface area contributed by atoms with E-state index in [1.54, 1.807) is 0 Å². The van der Waals surface area contributed by atoms with Gasteiger partial charge in [-0.3, -0.25) is 4.79 Å². The minimum absolute atomic E-state index is 0.0668. The van der Waals surface area contributed by atoms with E-state index in [2.05, 4.69) is 46.7 Å². The summed E-state index contributed by atoms with van der Waals surface area (Å²) in [6.07, 6.45) is 4.29. The minimum atomic E-state index is 0.0668. The Morgan fingerprint density at radius 2 is 1.51 bits per heavy atom. The number of para-hydroxylation sites is 1. The van der Waals surface area contributed by atoms with Crippen molar-refractivity contribution in [1.82, 2.24) is 9.80 Å². The number of hydrogen-bond donors (Lipinski definition) is 1. The maximum atomic E-state index is 13.3. The summed E-state index contributed by atoms with van der Waals surface area (Å²) in [4.78, 5) is 19.7. The highest BCUT2D eigenvalue weighted by molar-refractivity contribution is 5.82. The van der Waals surface area contributed by atoms with E-state index in [9.17, 15) is 4.79 Å². The van der Waals surface area contributed by atoms with Gasteiger partial charge in [0.05, 0.1) is 13.1 Å². The number of anilines is 1. The molecule has 39 heavy (non-hydrogen) atoms. The third kappa shape index (κ3) is 7.42. The van der Waals surface area contributed by atoms with Gasteiger partial charge in [0, 0.05) is 49.7 Å². The number of rotatable bonds is 10. The summed E-state index contributed by atoms with van der Waals surface area (Å²) in [5, 5.41) is 0. The van der Waals surface area contributed by atoms with Crippen molar-refractivity contribution in [3.63, 3.8) is 0 Å². The lowest BCUT2D eigenvalue weighted by Gasteiger charge is -2.37. The minimum Gasteiger partial charge on any atom is -0.457 e.